The second kappa shape index (κ2) is 6.31. The van der Waals surface area contributed by atoms with Crippen LogP contribution >= 0.6 is 0 Å². The summed E-state index contributed by atoms with van der Waals surface area (Å²) in [5, 5.41) is 20.8. The molecule has 0 spiro atoms. The van der Waals surface area contributed by atoms with Gasteiger partial charge in [-0.15, -0.1) is 0 Å². The fraction of sp³-hybridized carbons (Fsp3) is 0.455. The molecule has 0 atom stereocenters. The maximum absolute atomic E-state index is 13.6. The largest absolute Gasteiger partial charge is 0.507 e. The number of benzene rings is 2. The zero-order valence-corrected chi connectivity index (χ0v) is 18.7. The van der Waals surface area contributed by atoms with Gasteiger partial charge < -0.3 is 19.3 Å². The Hall–Kier alpha value is -1.89. The zero-order chi connectivity index (χ0) is 21.9. The molecule has 0 bridgehead atoms. The Kier molecular flexibility index (Phi) is 5.04. The molecule has 0 aliphatic rings. The van der Waals surface area contributed by atoms with Gasteiger partial charge >= 0.3 is 0 Å². The number of rotatable bonds is 2. The van der Waals surface area contributed by atoms with Gasteiger partial charge in [0.2, 0.25) is 0 Å². The zero-order valence-electron chi connectivity index (χ0n) is 17.9. The molecular weight excluding hydrogens is 376 g/mol. The predicted molar refractivity (Wildman–Crippen MR) is 113 cm³/mol. The van der Waals surface area contributed by atoms with Crippen molar-refractivity contribution in [3.05, 3.63) is 46.5 Å². The number of aryl methyl sites for hydroxylation is 2. The van der Waals surface area contributed by atoms with Gasteiger partial charge in [-0.3, -0.25) is 0 Å². The monoisotopic (exact) mass is 408 g/mol. The molecule has 156 valence electrons. The number of hydrogen-bond acceptors (Lipinski definition) is 3. The standard InChI is InChI=1S/C22H32O5S/c1-13-9-15(11-17(19(13)23)21(3,4)5)28(25,26,27)16-10-14(2)20(24)18(12-16)22(6,7)8/h9-12,23-24H,1-8H3,(H2,25,26,27). The van der Waals surface area contributed by atoms with Crippen molar-refractivity contribution in [1.29, 1.82) is 0 Å². The second-order valence-corrected chi connectivity index (χ2v) is 12.3. The molecular formula is C22H32O5S. The van der Waals surface area contributed by atoms with Gasteiger partial charge in [-0.2, -0.15) is 0 Å². The lowest BCUT2D eigenvalue weighted by Gasteiger charge is -2.35. The van der Waals surface area contributed by atoms with Crippen molar-refractivity contribution in [2.75, 3.05) is 0 Å². The lowest BCUT2D eigenvalue weighted by atomic mass is 9.85. The first-order valence-corrected chi connectivity index (χ1v) is 11.1. The highest BCUT2D eigenvalue weighted by Crippen LogP contribution is 2.46. The molecule has 0 aliphatic heterocycles. The average molecular weight is 409 g/mol. The maximum Gasteiger partial charge on any atom is 0.135 e. The van der Waals surface area contributed by atoms with Gasteiger partial charge in [0.15, 0.2) is 0 Å². The first-order chi connectivity index (χ1) is 12.3. The summed E-state index contributed by atoms with van der Waals surface area (Å²) in [7, 11) is -5.45. The molecule has 5 nitrogen and oxygen atoms in total. The molecule has 0 aromatic heterocycles. The van der Waals surface area contributed by atoms with Gasteiger partial charge in [0.25, 0.3) is 0 Å². The van der Waals surface area contributed by atoms with E-state index in [1.807, 2.05) is 41.5 Å². The summed E-state index contributed by atoms with van der Waals surface area (Å²) >= 11 is 0. The minimum Gasteiger partial charge on any atom is -0.507 e. The SMILES string of the molecule is Cc1cc(S(=O)(O)(O)c2cc(C)c(O)c(C(C)(C)C)c2)cc(C(C)(C)C)c1O. The summed E-state index contributed by atoms with van der Waals surface area (Å²) in [4.78, 5) is -0.357. The van der Waals surface area contributed by atoms with Crippen molar-refractivity contribution in [2.45, 2.75) is 76.0 Å². The molecule has 6 heteroatoms. The van der Waals surface area contributed by atoms with Gasteiger partial charge in [-0.25, -0.2) is 4.21 Å². The highest BCUT2D eigenvalue weighted by molar-refractivity contribution is 8.10. The van der Waals surface area contributed by atoms with Crippen LogP contribution in [0.1, 0.15) is 63.8 Å². The van der Waals surface area contributed by atoms with Crippen LogP contribution in [0, 0.1) is 13.8 Å². The topological polar surface area (TPSA) is 98.0 Å². The first-order valence-electron chi connectivity index (χ1n) is 9.20. The Balaban J connectivity index is 2.88. The van der Waals surface area contributed by atoms with E-state index in [1.54, 1.807) is 13.8 Å². The molecule has 0 unspecified atom stereocenters. The van der Waals surface area contributed by atoms with E-state index in [9.17, 15) is 23.5 Å². The predicted octanol–water partition coefficient (Wildman–Crippen LogP) is 5.49. The van der Waals surface area contributed by atoms with Gasteiger partial charge in [-0.05, 0) is 60.1 Å². The third kappa shape index (κ3) is 3.81. The van der Waals surface area contributed by atoms with Crippen LogP contribution in [0.2, 0.25) is 0 Å². The van der Waals surface area contributed by atoms with E-state index in [2.05, 4.69) is 0 Å². The Morgan fingerprint density at radius 1 is 0.679 bits per heavy atom. The van der Waals surface area contributed by atoms with Crippen LogP contribution < -0.4 is 0 Å². The summed E-state index contributed by atoms with van der Waals surface area (Å²) < 4.78 is 35.8. The number of phenolic OH excluding ortho intramolecular Hbond substituents is 2. The molecule has 0 amide bonds. The summed E-state index contributed by atoms with van der Waals surface area (Å²) in [6.45, 7) is 14.5. The van der Waals surface area contributed by atoms with E-state index in [-0.39, 0.29) is 21.3 Å². The Labute approximate surface area is 167 Å². The smallest absolute Gasteiger partial charge is 0.135 e. The molecule has 2 aromatic carbocycles. The van der Waals surface area contributed by atoms with Gasteiger partial charge in [0.05, 0.1) is 9.79 Å². The second-order valence-electron chi connectivity index (χ2n) is 9.64. The summed E-state index contributed by atoms with van der Waals surface area (Å²) in [6, 6.07) is 5.43. The molecule has 0 radical (unpaired) electrons. The minimum absolute atomic E-state index is 0.0386. The number of phenols is 2. The fourth-order valence-electron chi connectivity index (χ4n) is 3.20. The van der Waals surface area contributed by atoms with E-state index < -0.39 is 20.5 Å². The van der Waals surface area contributed by atoms with Crippen LogP contribution in [-0.2, 0) is 20.5 Å². The van der Waals surface area contributed by atoms with Crippen molar-refractivity contribution >= 4 is 9.63 Å². The lowest BCUT2D eigenvalue weighted by Crippen LogP contribution is -2.33. The van der Waals surface area contributed by atoms with E-state index >= 15 is 0 Å². The molecule has 28 heavy (non-hydrogen) atoms. The maximum atomic E-state index is 13.6. The van der Waals surface area contributed by atoms with Crippen molar-refractivity contribution in [3.8, 4) is 11.5 Å². The normalized spacial score (nSPS) is 14.6. The molecule has 0 saturated carbocycles. The van der Waals surface area contributed by atoms with Crippen molar-refractivity contribution in [1.82, 2.24) is 0 Å². The first kappa shape index (κ1) is 22.4. The molecule has 0 fully saturated rings. The molecule has 4 N–H and O–H groups in total. The Morgan fingerprint density at radius 3 is 1.21 bits per heavy atom. The molecule has 2 aromatic rings. The minimum atomic E-state index is -5.45. The van der Waals surface area contributed by atoms with Crippen LogP contribution in [0.3, 0.4) is 0 Å². The summed E-state index contributed by atoms with van der Waals surface area (Å²) in [5.74, 6) is 0.0771. The van der Waals surface area contributed by atoms with Crippen LogP contribution in [0.5, 0.6) is 11.5 Å². The fourth-order valence-corrected chi connectivity index (χ4v) is 4.91. The van der Waals surface area contributed by atoms with Crippen LogP contribution in [0.15, 0.2) is 34.1 Å². The Bertz CT molecular complexity index is 926. The van der Waals surface area contributed by atoms with Crippen LogP contribution in [0.25, 0.3) is 0 Å². The number of aromatic hydroxyl groups is 2. The molecule has 0 heterocycles. The summed E-state index contributed by atoms with van der Waals surface area (Å²) in [6.07, 6.45) is 0. The molecule has 2 rings (SSSR count). The van der Waals surface area contributed by atoms with E-state index in [1.165, 1.54) is 24.3 Å². The van der Waals surface area contributed by atoms with Crippen molar-refractivity contribution < 1.29 is 23.5 Å². The van der Waals surface area contributed by atoms with Crippen LogP contribution in [0.4, 0.5) is 0 Å². The number of hydrogen-bond donors (Lipinski definition) is 4. The highest BCUT2D eigenvalue weighted by atomic mass is 32.3. The van der Waals surface area contributed by atoms with E-state index in [0.717, 1.165) is 0 Å². The highest BCUT2D eigenvalue weighted by Gasteiger charge is 2.39. The summed E-state index contributed by atoms with van der Waals surface area (Å²) in [5.41, 5.74) is 0.739. The van der Waals surface area contributed by atoms with Crippen LogP contribution in [-0.4, -0.2) is 23.5 Å². The van der Waals surface area contributed by atoms with Gasteiger partial charge in [0, 0.05) is 11.1 Å². The molecule has 0 aliphatic carbocycles. The molecule has 0 saturated heterocycles. The third-order valence-corrected chi connectivity index (χ3v) is 7.18. The van der Waals surface area contributed by atoms with E-state index in [4.69, 9.17) is 0 Å². The van der Waals surface area contributed by atoms with Gasteiger partial charge in [-0.1, -0.05) is 41.5 Å². The third-order valence-electron chi connectivity index (χ3n) is 5.01. The Morgan fingerprint density at radius 2 is 0.964 bits per heavy atom. The van der Waals surface area contributed by atoms with Crippen molar-refractivity contribution in [2.24, 2.45) is 0 Å². The lowest BCUT2D eigenvalue weighted by molar-refractivity contribution is 0.387. The van der Waals surface area contributed by atoms with Crippen molar-refractivity contribution in [3.63, 3.8) is 0 Å². The quantitative estimate of drug-likeness (QED) is 0.526. The average Bonchev–Trinajstić information content (AvgIpc) is 2.49. The van der Waals surface area contributed by atoms with E-state index in [0.29, 0.717) is 22.3 Å². The van der Waals surface area contributed by atoms with Gasteiger partial charge in [0.1, 0.15) is 21.1 Å².